The number of hydrogen-bond donors (Lipinski definition) is 2. The molecule has 1 aromatic carbocycles. The molecule has 0 saturated carbocycles. The molecule has 1 atom stereocenters. The normalized spacial score (nSPS) is 17.4. The second kappa shape index (κ2) is 5.47. The van der Waals surface area contributed by atoms with Crippen molar-refractivity contribution in [3.05, 3.63) is 40.9 Å². The summed E-state index contributed by atoms with van der Waals surface area (Å²) in [5.41, 5.74) is 0.878. The molecular weight excluding hydrogens is 297 g/mol. The Hall–Kier alpha value is -1.51. The highest BCUT2D eigenvalue weighted by molar-refractivity contribution is 8.02. The number of thiazole rings is 1. The zero-order chi connectivity index (χ0) is 14.1. The van der Waals surface area contributed by atoms with E-state index in [9.17, 15) is 9.82 Å². The maximum absolute atomic E-state index is 11.1. The van der Waals surface area contributed by atoms with E-state index in [1.165, 1.54) is 29.2 Å². The molecule has 8 heteroatoms. The maximum atomic E-state index is 11.1. The standard InChI is InChI=1S/C12H10BNO4S2/c15-11(16)8-3-1-2-7-6-9(13(17)18-10(7)8)20-12-14-4-5-19-12/h1-5,9,17H,6H2,(H,15,16)/t9-/m0/s1. The Bertz CT molecular complexity index is 634. The molecule has 3 rings (SSSR count). The molecule has 2 N–H and O–H groups in total. The van der Waals surface area contributed by atoms with Gasteiger partial charge < -0.3 is 14.8 Å². The average Bonchev–Trinajstić information content (AvgIpc) is 2.91. The van der Waals surface area contributed by atoms with E-state index in [0.717, 1.165) is 9.90 Å². The van der Waals surface area contributed by atoms with Crippen LogP contribution in [0.5, 0.6) is 5.75 Å². The van der Waals surface area contributed by atoms with Crippen molar-refractivity contribution in [1.29, 1.82) is 0 Å². The minimum Gasteiger partial charge on any atom is -0.535 e. The number of benzene rings is 1. The van der Waals surface area contributed by atoms with Crippen LogP contribution in [0.3, 0.4) is 0 Å². The third kappa shape index (κ3) is 2.54. The first-order valence-electron chi connectivity index (χ1n) is 5.91. The molecule has 0 spiro atoms. The molecule has 2 aromatic rings. The summed E-state index contributed by atoms with van der Waals surface area (Å²) in [5.74, 6) is -0.788. The van der Waals surface area contributed by atoms with Gasteiger partial charge in [-0.3, -0.25) is 0 Å². The number of aromatic carboxylic acids is 1. The van der Waals surface area contributed by atoms with Crippen molar-refractivity contribution in [3.63, 3.8) is 0 Å². The highest BCUT2D eigenvalue weighted by atomic mass is 32.2. The van der Waals surface area contributed by atoms with Gasteiger partial charge in [0.25, 0.3) is 0 Å². The van der Waals surface area contributed by atoms with Crippen molar-refractivity contribution >= 4 is 36.2 Å². The lowest BCUT2D eigenvalue weighted by atomic mass is 9.77. The molecule has 5 nitrogen and oxygen atoms in total. The summed E-state index contributed by atoms with van der Waals surface area (Å²) in [6.07, 6.45) is 2.25. The zero-order valence-electron chi connectivity index (χ0n) is 10.2. The molecule has 0 aliphatic carbocycles. The fourth-order valence-corrected chi connectivity index (χ4v) is 4.00. The Balaban J connectivity index is 1.87. The number of para-hydroxylation sites is 1. The van der Waals surface area contributed by atoms with Gasteiger partial charge >= 0.3 is 13.1 Å². The fourth-order valence-electron chi connectivity index (χ4n) is 2.07. The zero-order valence-corrected chi connectivity index (χ0v) is 11.9. The van der Waals surface area contributed by atoms with Crippen LogP contribution in [-0.2, 0) is 6.42 Å². The first-order valence-corrected chi connectivity index (χ1v) is 7.67. The largest absolute Gasteiger partial charge is 0.537 e. The van der Waals surface area contributed by atoms with Crippen LogP contribution in [0.25, 0.3) is 0 Å². The van der Waals surface area contributed by atoms with E-state index in [-0.39, 0.29) is 16.5 Å². The molecule has 1 aromatic heterocycles. The molecular formula is C12H10BNO4S2. The average molecular weight is 307 g/mol. The van der Waals surface area contributed by atoms with Crippen LogP contribution in [0.15, 0.2) is 34.1 Å². The van der Waals surface area contributed by atoms with Gasteiger partial charge in [-0.15, -0.1) is 11.3 Å². The number of carboxylic acids is 1. The molecule has 0 radical (unpaired) electrons. The lowest BCUT2D eigenvalue weighted by Crippen LogP contribution is -2.40. The number of rotatable bonds is 3. The number of carboxylic acid groups (broad SMARTS) is 1. The molecule has 1 aliphatic rings. The molecule has 102 valence electrons. The summed E-state index contributed by atoms with van der Waals surface area (Å²) < 4.78 is 6.27. The lowest BCUT2D eigenvalue weighted by molar-refractivity contribution is 0.0694. The minimum atomic E-state index is -1.06. The van der Waals surface area contributed by atoms with Gasteiger partial charge in [0, 0.05) is 11.6 Å². The van der Waals surface area contributed by atoms with Crippen LogP contribution < -0.4 is 4.65 Å². The highest BCUT2D eigenvalue weighted by Gasteiger charge is 2.37. The van der Waals surface area contributed by atoms with Gasteiger partial charge in [-0.2, -0.15) is 0 Å². The topological polar surface area (TPSA) is 79.7 Å². The molecule has 0 bridgehead atoms. The number of thioether (sulfide) groups is 1. The SMILES string of the molecule is O=C(O)c1cccc2c1OB(O)[C@@H](Sc1nccs1)C2. The third-order valence-corrected chi connectivity index (χ3v) is 5.12. The summed E-state index contributed by atoms with van der Waals surface area (Å²) in [6.45, 7) is 0. The Morgan fingerprint density at radius 1 is 1.55 bits per heavy atom. The molecule has 0 fully saturated rings. The smallest absolute Gasteiger partial charge is 0.535 e. The van der Waals surface area contributed by atoms with E-state index in [1.807, 2.05) is 11.4 Å². The van der Waals surface area contributed by atoms with Crippen LogP contribution in [0.2, 0.25) is 0 Å². The Labute approximate surface area is 123 Å². The Morgan fingerprint density at radius 2 is 2.40 bits per heavy atom. The highest BCUT2D eigenvalue weighted by Crippen LogP contribution is 2.36. The molecule has 2 heterocycles. The van der Waals surface area contributed by atoms with E-state index in [1.54, 1.807) is 12.3 Å². The van der Waals surface area contributed by atoms with Gasteiger partial charge in [0.1, 0.15) is 10.1 Å². The predicted molar refractivity (Wildman–Crippen MR) is 77.5 cm³/mol. The first-order chi connectivity index (χ1) is 9.65. The number of aromatic nitrogens is 1. The summed E-state index contributed by atoms with van der Waals surface area (Å²) >= 11 is 2.94. The summed E-state index contributed by atoms with van der Waals surface area (Å²) in [6, 6.07) is 4.99. The summed E-state index contributed by atoms with van der Waals surface area (Å²) in [7, 11) is -1.04. The van der Waals surface area contributed by atoms with Crippen molar-refractivity contribution in [2.75, 3.05) is 0 Å². The number of fused-ring (bicyclic) bond motifs is 1. The number of nitrogens with zero attached hydrogens (tertiary/aromatic N) is 1. The second-order valence-electron chi connectivity index (χ2n) is 4.27. The fraction of sp³-hybridized carbons (Fsp3) is 0.167. The van der Waals surface area contributed by atoms with Crippen molar-refractivity contribution in [2.24, 2.45) is 0 Å². The quantitative estimate of drug-likeness (QED) is 0.844. The van der Waals surface area contributed by atoms with E-state index in [4.69, 9.17) is 9.76 Å². The van der Waals surface area contributed by atoms with Crippen molar-refractivity contribution in [1.82, 2.24) is 4.98 Å². The van der Waals surface area contributed by atoms with Crippen LogP contribution in [0, 0.1) is 0 Å². The van der Waals surface area contributed by atoms with Crippen LogP contribution in [0.1, 0.15) is 15.9 Å². The van der Waals surface area contributed by atoms with E-state index >= 15 is 0 Å². The predicted octanol–water partition coefficient (Wildman–Crippen LogP) is 1.96. The monoisotopic (exact) mass is 307 g/mol. The van der Waals surface area contributed by atoms with Crippen molar-refractivity contribution in [3.8, 4) is 5.75 Å². The number of carbonyl (C=O) groups is 1. The molecule has 0 unspecified atom stereocenters. The van der Waals surface area contributed by atoms with Gasteiger partial charge in [0.2, 0.25) is 0 Å². The Kier molecular flexibility index (Phi) is 3.69. The third-order valence-electron chi connectivity index (χ3n) is 2.97. The lowest BCUT2D eigenvalue weighted by Gasteiger charge is -2.27. The van der Waals surface area contributed by atoms with Gasteiger partial charge in [0.15, 0.2) is 0 Å². The van der Waals surface area contributed by atoms with Crippen molar-refractivity contribution in [2.45, 2.75) is 15.9 Å². The van der Waals surface area contributed by atoms with Gasteiger partial charge in [-0.25, -0.2) is 9.78 Å². The van der Waals surface area contributed by atoms with Gasteiger partial charge in [-0.05, 0) is 18.1 Å². The molecule has 1 aliphatic heterocycles. The van der Waals surface area contributed by atoms with E-state index < -0.39 is 13.1 Å². The number of hydrogen-bond acceptors (Lipinski definition) is 6. The van der Waals surface area contributed by atoms with Gasteiger partial charge in [-0.1, -0.05) is 23.9 Å². The van der Waals surface area contributed by atoms with E-state index in [0.29, 0.717) is 6.42 Å². The molecule has 20 heavy (non-hydrogen) atoms. The first kappa shape index (κ1) is 13.5. The van der Waals surface area contributed by atoms with Crippen LogP contribution in [-0.4, -0.2) is 33.4 Å². The maximum Gasteiger partial charge on any atom is 0.537 e. The molecule has 0 saturated heterocycles. The summed E-state index contributed by atoms with van der Waals surface area (Å²) in [5, 5.41) is 20.9. The summed E-state index contributed by atoms with van der Waals surface area (Å²) in [4.78, 5) is 15.3. The van der Waals surface area contributed by atoms with Crippen molar-refractivity contribution < 1.29 is 19.6 Å². The van der Waals surface area contributed by atoms with E-state index in [2.05, 4.69) is 4.98 Å². The Morgan fingerprint density at radius 3 is 3.10 bits per heavy atom. The van der Waals surface area contributed by atoms with Gasteiger partial charge in [0.05, 0.1) is 10.7 Å². The second-order valence-corrected chi connectivity index (χ2v) is 6.65. The minimum absolute atomic E-state index is 0.0826. The van der Waals surface area contributed by atoms with Crippen LogP contribution >= 0.6 is 23.1 Å². The van der Waals surface area contributed by atoms with Crippen LogP contribution in [0.4, 0.5) is 0 Å². The molecule has 0 amide bonds.